The lowest BCUT2D eigenvalue weighted by Crippen LogP contribution is -2.30. The van der Waals surface area contributed by atoms with Gasteiger partial charge in [-0.2, -0.15) is 0 Å². The molecule has 0 saturated heterocycles. The van der Waals surface area contributed by atoms with Crippen LogP contribution in [0.2, 0.25) is 0 Å². The van der Waals surface area contributed by atoms with Gasteiger partial charge in [0, 0.05) is 18.7 Å². The third-order valence-corrected chi connectivity index (χ3v) is 5.33. The van der Waals surface area contributed by atoms with Crippen molar-refractivity contribution < 1.29 is 19.1 Å². The molecule has 2 rings (SSSR count). The summed E-state index contributed by atoms with van der Waals surface area (Å²) in [7, 11) is 0. The highest BCUT2D eigenvalue weighted by Gasteiger charge is 2.28. The summed E-state index contributed by atoms with van der Waals surface area (Å²) in [6, 6.07) is 8.70. The van der Waals surface area contributed by atoms with Crippen LogP contribution in [0.15, 0.2) is 30.3 Å². The quantitative estimate of drug-likeness (QED) is 0.728. The topological polar surface area (TPSA) is 75.7 Å². The van der Waals surface area contributed by atoms with Gasteiger partial charge in [0.05, 0.1) is 17.0 Å². The highest BCUT2D eigenvalue weighted by molar-refractivity contribution is 7.18. The molecule has 2 aromatic rings. The number of nitrogens with one attached hydrogen (secondary N) is 1. The van der Waals surface area contributed by atoms with Crippen LogP contribution in [0.25, 0.3) is 0 Å². The van der Waals surface area contributed by atoms with Gasteiger partial charge in [0.2, 0.25) is 0 Å². The average molecular weight is 388 g/mol. The minimum absolute atomic E-state index is 0.159. The summed E-state index contributed by atoms with van der Waals surface area (Å²) >= 11 is 1.11. The highest BCUT2D eigenvalue weighted by Crippen LogP contribution is 2.35. The Hall–Kier alpha value is -2.67. The lowest BCUT2D eigenvalue weighted by Gasteiger charge is -2.18. The Labute approximate surface area is 163 Å². The summed E-state index contributed by atoms with van der Waals surface area (Å²) in [5, 5.41) is 3.09. The molecule has 144 valence electrons. The number of carbonyl (C=O) groups is 3. The lowest BCUT2D eigenvalue weighted by molar-refractivity contribution is 0.0527. The van der Waals surface area contributed by atoms with E-state index < -0.39 is 5.97 Å². The van der Waals surface area contributed by atoms with Gasteiger partial charge in [0.25, 0.3) is 11.8 Å². The fourth-order valence-electron chi connectivity index (χ4n) is 2.67. The van der Waals surface area contributed by atoms with E-state index in [4.69, 9.17) is 4.74 Å². The molecule has 6 nitrogen and oxygen atoms in total. The van der Waals surface area contributed by atoms with E-state index in [0.29, 0.717) is 34.1 Å². The Kier molecular flexibility index (Phi) is 7.12. The van der Waals surface area contributed by atoms with Crippen molar-refractivity contribution in [3.8, 4) is 0 Å². The van der Waals surface area contributed by atoms with Gasteiger partial charge < -0.3 is 15.0 Å². The molecule has 0 bridgehead atoms. The monoisotopic (exact) mass is 388 g/mol. The van der Waals surface area contributed by atoms with Crippen molar-refractivity contribution in [3.63, 3.8) is 0 Å². The molecule has 0 spiro atoms. The van der Waals surface area contributed by atoms with Crippen LogP contribution in [-0.2, 0) is 4.74 Å². The average Bonchev–Trinajstić information content (AvgIpc) is 2.99. The maximum atomic E-state index is 12.8. The molecule has 1 N–H and O–H groups in total. The first-order valence-corrected chi connectivity index (χ1v) is 9.72. The van der Waals surface area contributed by atoms with Gasteiger partial charge in [-0.05, 0) is 45.4 Å². The fourth-order valence-corrected chi connectivity index (χ4v) is 3.83. The van der Waals surface area contributed by atoms with Crippen molar-refractivity contribution in [3.05, 3.63) is 51.9 Å². The van der Waals surface area contributed by atoms with Crippen LogP contribution in [0.5, 0.6) is 0 Å². The van der Waals surface area contributed by atoms with Crippen molar-refractivity contribution >= 4 is 34.1 Å². The number of benzene rings is 1. The van der Waals surface area contributed by atoms with Gasteiger partial charge in [-0.1, -0.05) is 18.2 Å². The predicted molar refractivity (Wildman–Crippen MR) is 107 cm³/mol. The van der Waals surface area contributed by atoms with Gasteiger partial charge in [-0.15, -0.1) is 11.3 Å². The number of anilines is 1. The van der Waals surface area contributed by atoms with E-state index in [-0.39, 0.29) is 24.0 Å². The Morgan fingerprint density at radius 2 is 1.70 bits per heavy atom. The summed E-state index contributed by atoms with van der Waals surface area (Å²) in [6.07, 6.45) is 0. The molecule has 1 heterocycles. The van der Waals surface area contributed by atoms with E-state index in [0.717, 1.165) is 11.3 Å². The molecule has 0 aliphatic rings. The van der Waals surface area contributed by atoms with Crippen LogP contribution >= 0.6 is 11.3 Å². The lowest BCUT2D eigenvalue weighted by atomic mass is 10.1. The standard InChI is InChI=1S/C20H24N2O4S/c1-5-22(6-2)19(24)16-13(4)15(20(25)26-7-3)18(27-16)21-17(23)14-11-9-8-10-12-14/h8-12H,5-7H2,1-4H3,(H,21,23). The number of hydrogen-bond donors (Lipinski definition) is 1. The zero-order valence-corrected chi connectivity index (χ0v) is 16.8. The molecule has 1 aromatic carbocycles. The first-order chi connectivity index (χ1) is 12.9. The first-order valence-electron chi connectivity index (χ1n) is 8.90. The van der Waals surface area contributed by atoms with Gasteiger partial charge in [-0.3, -0.25) is 9.59 Å². The number of esters is 1. The molecule has 0 saturated carbocycles. The molecule has 7 heteroatoms. The maximum Gasteiger partial charge on any atom is 0.341 e. The largest absolute Gasteiger partial charge is 0.462 e. The Bertz CT molecular complexity index is 826. The summed E-state index contributed by atoms with van der Waals surface area (Å²) in [6.45, 7) is 8.55. The summed E-state index contributed by atoms with van der Waals surface area (Å²) < 4.78 is 5.13. The minimum Gasteiger partial charge on any atom is -0.462 e. The van der Waals surface area contributed by atoms with E-state index >= 15 is 0 Å². The molecular weight excluding hydrogens is 364 g/mol. The van der Waals surface area contributed by atoms with Gasteiger partial charge >= 0.3 is 5.97 Å². The Morgan fingerprint density at radius 3 is 2.26 bits per heavy atom. The van der Waals surface area contributed by atoms with Crippen molar-refractivity contribution in [2.45, 2.75) is 27.7 Å². The van der Waals surface area contributed by atoms with Crippen LogP contribution in [0, 0.1) is 6.92 Å². The van der Waals surface area contributed by atoms with E-state index in [1.165, 1.54) is 0 Å². The number of amides is 2. The predicted octanol–water partition coefficient (Wildman–Crippen LogP) is 3.97. The SMILES string of the molecule is CCOC(=O)c1c(NC(=O)c2ccccc2)sc(C(=O)N(CC)CC)c1C. The third kappa shape index (κ3) is 4.54. The third-order valence-electron chi connectivity index (χ3n) is 4.13. The van der Waals surface area contributed by atoms with E-state index in [2.05, 4.69) is 5.32 Å². The number of hydrogen-bond acceptors (Lipinski definition) is 5. The second-order valence-electron chi connectivity index (χ2n) is 5.78. The van der Waals surface area contributed by atoms with Gasteiger partial charge in [0.15, 0.2) is 0 Å². The number of nitrogens with zero attached hydrogens (tertiary/aromatic N) is 1. The highest BCUT2D eigenvalue weighted by atomic mass is 32.1. The number of carbonyl (C=O) groups excluding carboxylic acids is 3. The van der Waals surface area contributed by atoms with Crippen molar-refractivity contribution in [2.75, 3.05) is 25.0 Å². The Balaban J connectivity index is 2.45. The zero-order valence-electron chi connectivity index (χ0n) is 16.0. The summed E-state index contributed by atoms with van der Waals surface area (Å²) in [5.74, 6) is -1.05. The molecule has 0 aliphatic carbocycles. The van der Waals surface area contributed by atoms with Crippen LogP contribution in [0.4, 0.5) is 5.00 Å². The Morgan fingerprint density at radius 1 is 1.07 bits per heavy atom. The van der Waals surface area contributed by atoms with Crippen LogP contribution in [0.3, 0.4) is 0 Å². The zero-order chi connectivity index (χ0) is 20.0. The number of ether oxygens (including phenoxy) is 1. The number of rotatable bonds is 7. The molecule has 0 aliphatic heterocycles. The number of thiophene rings is 1. The summed E-state index contributed by atoms with van der Waals surface area (Å²) in [5.41, 5.74) is 1.23. The van der Waals surface area contributed by atoms with Crippen LogP contribution < -0.4 is 5.32 Å². The van der Waals surface area contributed by atoms with Crippen molar-refractivity contribution in [1.82, 2.24) is 4.90 Å². The van der Waals surface area contributed by atoms with Gasteiger partial charge in [0.1, 0.15) is 5.00 Å². The molecular formula is C20H24N2O4S. The minimum atomic E-state index is -0.548. The van der Waals surface area contributed by atoms with Crippen molar-refractivity contribution in [2.24, 2.45) is 0 Å². The van der Waals surface area contributed by atoms with Crippen LogP contribution in [-0.4, -0.2) is 42.4 Å². The van der Waals surface area contributed by atoms with E-state index in [9.17, 15) is 14.4 Å². The van der Waals surface area contributed by atoms with E-state index in [1.807, 2.05) is 19.9 Å². The molecule has 1 aromatic heterocycles. The molecule has 0 radical (unpaired) electrons. The fraction of sp³-hybridized carbons (Fsp3) is 0.350. The smallest absolute Gasteiger partial charge is 0.341 e. The second-order valence-corrected chi connectivity index (χ2v) is 6.80. The van der Waals surface area contributed by atoms with Crippen molar-refractivity contribution in [1.29, 1.82) is 0 Å². The second kappa shape index (κ2) is 9.32. The van der Waals surface area contributed by atoms with E-state index in [1.54, 1.807) is 43.0 Å². The van der Waals surface area contributed by atoms with Gasteiger partial charge in [-0.25, -0.2) is 4.79 Å². The normalized spacial score (nSPS) is 10.4. The maximum absolute atomic E-state index is 12.8. The molecule has 27 heavy (non-hydrogen) atoms. The molecule has 2 amide bonds. The molecule has 0 fully saturated rings. The molecule has 0 atom stereocenters. The summed E-state index contributed by atoms with van der Waals surface area (Å²) in [4.78, 5) is 39.9. The van der Waals surface area contributed by atoms with Crippen LogP contribution in [0.1, 0.15) is 56.7 Å². The molecule has 0 unspecified atom stereocenters. The first kappa shape index (κ1) is 20.6.